The van der Waals surface area contributed by atoms with E-state index in [0.29, 0.717) is 13.1 Å². The molecule has 5 heteroatoms. The predicted molar refractivity (Wildman–Crippen MR) is 117 cm³/mol. The summed E-state index contributed by atoms with van der Waals surface area (Å²) < 4.78 is 5.78. The van der Waals surface area contributed by atoms with E-state index >= 15 is 0 Å². The number of aliphatic hydroxyl groups is 1. The van der Waals surface area contributed by atoms with Gasteiger partial charge in [-0.05, 0) is 35.2 Å². The van der Waals surface area contributed by atoms with E-state index < -0.39 is 6.10 Å². The van der Waals surface area contributed by atoms with Gasteiger partial charge < -0.3 is 9.84 Å². The molecular formula is C25H27N3O2. The van der Waals surface area contributed by atoms with Crippen LogP contribution in [-0.4, -0.2) is 47.0 Å². The van der Waals surface area contributed by atoms with E-state index in [9.17, 15) is 5.11 Å². The highest BCUT2D eigenvalue weighted by Gasteiger charge is 2.40. The minimum absolute atomic E-state index is 0.0255. The normalized spacial score (nSPS) is 21.8. The third-order valence-corrected chi connectivity index (χ3v) is 5.92. The fourth-order valence-electron chi connectivity index (χ4n) is 4.22. The van der Waals surface area contributed by atoms with E-state index in [1.165, 1.54) is 11.1 Å². The number of epoxide rings is 1. The van der Waals surface area contributed by atoms with Gasteiger partial charge in [0.05, 0.1) is 11.8 Å². The predicted octanol–water partition coefficient (Wildman–Crippen LogP) is 3.15. The van der Waals surface area contributed by atoms with Gasteiger partial charge in [0.25, 0.3) is 0 Å². The maximum absolute atomic E-state index is 10.5. The molecule has 3 aromatic rings. The van der Waals surface area contributed by atoms with Crippen LogP contribution < -0.4 is 5.32 Å². The Morgan fingerprint density at radius 2 is 1.83 bits per heavy atom. The van der Waals surface area contributed by atoms with Crippen molar-refractivity contribution >= 4 is 0 Å². The second kappa shape index (κ2) is 8.66. The molecule has 3 unspecified atom stereocenters. The number of β-amino-alcohol motifs (C(OH)–C–C–N with tert-alkyl or cyclic N) is 1. The third-order valence-electron chi connectivity index (χ3n) is 5.92. The van der Waals surface area contributed by atoms with E-state index in [0.717, 1.165) is 36.3 Å². The molecule has 1 saturated heterocycles. The lowest BCUT2D eigenvalue weighted by molar-refractivity contribution is 0.101. The summed E-state index contributed by atoms with van der Waals surface area (Å²) in [6, 6.07) is 22.9. The molecule has 5 rings (SSSR count). The quantitative estimate of drug-likeness (QED) is 0.596. The summed E-state index contributed by atoms with van der Waals surface area (Å²) in [6.07, 6.45) is 2.48. The van der Waals surface area contributed by atoms with Gasteiger partial charge in [0.15, 0.2) is 0 Å². The van der Waals surface area contributed by atoms with Crippen molar-refractivity contribution in [2.24, 2.45) is 0 Å². The molecule has 5 nitrogen and oxygen atoms in total. The first-order chi connectivity index (χ1) is 14.8. The standard InChI is InChI=1S/C25H27N3O2/c29-22(17-28-14-12-18-5-1-2-6-21(18)16-28)15-27-25-24(30-25)20-10-8-19(9-11-20)23-7-3-4-13-26-23/h1-11,13,22,24-25,27,29H,12,14-17H2. The number of ether oxygens (including phenoxy) is 1. The number of nitrogens with one attached hydrogen (secondary N) is 1. The van der Waals surface area contributed by atoms with Crippen molar-refractivity contribution in [1.29, 1.82) is 0 Å². The van der Waals surface area contributed by atoms with Crippen molar-refractivity contribution in [3.63, 3.8) is 0 Å². The maximum Gasteiger partial charge on any atom is 0.140 e. The van der Waals surface area contributed by atoms with Crippen LogP contribution >= 0.6 is 0 Å². The number of fused-ring (bicyclic) bond motifs is 1. The Balaban J connectivity index is 1.08. The molecule has 2 N–H and O–H groups in total. The molecule has 3 heterocycles. The molecule has 0 aliphatic carbocycles. The van der Waals surface area contributed by atoms with Crippen LogP contribution in [0.4, 0.5) is 0 Å². The smallest absolute Gasteiger partial charge is 0.140 e. The molecule has 0 bridgehead atoms. The number of hydrogen-bond acceptors (Lipinski definition) is 5. The summed E-state index contributed by atoms with van der Waals surface area (Å²) >= 11 is 0. The van der Waals surface area contributed by atoms with Crippen LogP contribution in [-0.2, 0) is 17.7 Å². The van der Waals surface area contributed by atoms with Crippen LogP contribution in [0, 0.1) is 0 Å². The average Bonchev–Trinajstić information content (AvgIpc) is 3.58. The minimum Gasteiger partial charge on any atom is -0.390 e. The summed E-state index contributed by atoms with van der Waals surface area (Å²) in [4.78, 5) is 6.72. The summed E-state index contributed by atoms with van der Waals surface area (Å²) in [5.74, 6) is 0. The number of aromatic nitrogens is 1. The molecule has 154 valence electrons. The molecule has 1 fully saturated rings. The Kier molecular flexibility index (Phi) is 5.60. The van der Waals surface area contributed by atoms with E-state index in [4.69, 9.17) is 4.74 Å². The first-order valence-corrected chi connectivity index (χ1v) is 10.6. The van der Waals surface area contributed by atoms with Crippen LogP contribution in [0.25, 0.3) is 11.3 Å². The van der Waals surface area contributed by atoms with Gasteiger partial charge in [0, 0.05) is 37.9 Å². The molecule has 0 amide bonds. The highest BCUT2D eigenvalue weighted by atomic mass is 16.6. The SMILES string of the molecule is OC(CNC1OC1c1ccc(-c2ccccn2)cc1)CN1CCc2ccccc2C1. The second-order valence-corrected chi connectivity index (χ2v) is 8.13. The molecule has 30 heavy (non-hydrogen) atoms. The molecule has 0 spiro atoms. The summed E-state index contributed by atoms with van der Waals surface area (Å²) in [6.45, 7) is 3.13. The highest BCUT2D eigenvalue weighted by molar-refractivity contribution is 5.59. The highest BCUT2D eigenvalue weighted by Crippen LogP contribution is 2.37. The Morgan fingerprint density at radius 1 is 1.03 bits per heavy atom. The second-order valence-electron chi connectivity index (χ2n) is 8.13. The van der Waals surface area contributed by atoms with Gasteiger partial charge >= 0.3 is 0 Å². The van der Waals surface area contributed by atoms with Crippen molar-refractivity contribution < 1.29 is 9.84 Å². The number of nitrogens with zero attached hydrogens (tertiary/aromatic N) is 2. The lowest BCUT2D eigenvalue weighted by Gasteiger charge is -2.30. The molecule has 1 aromatic heterocycles. The molecule has 0 saturated carbocycles. The average molecular weight is 402 g/mol. The molecule has 0 radical (unpaired) electrons. The third kappa shape index (κ3) is 4.45. The zero-order chi connectivity index (χ0) is 20.3. The monoisotopic (exact) mass is 401 g/mol. The van der Waals surface area contributed by atoms with Crippen molar-refractivity contribution in [1.82, 2.24) is 15.2 Å². The van der Waals surface area contributed by atoms with Gasteiger partial charge in [0.2, 0.25) is 0 Å². The van der Waals surface area contributed by atoms with Crippen LogP contribution in [0.5, 0.6) is 0 Å². The van der Waals surface area contributed by atoms with E-state index in [-0.39, 0.29) is 12.3 Å². The zero-order valence-corrected chi connectivity index (χ0v) is 16.9. The zero-order valence-electron chi connectivity index (χ0n) is 16.9. The fourth-order valence-corrected chi connectivity index (χ4v) is 4.22. The first-order valence-electron chi connectivity index (χ1n) is 10.6. The van der Waals surface area contributed by atoms with Crippen LogP contribution in [0.2, 0.25) is 0 Å². The van der Waals surface area contributed by atoms with Crippen molar-refractivity contribution in [2.75, 3.05) is 19.6 Å². The van der Waals surface area contributed by atoms with Gasteiger partial charge in [-0.25, -0.2) is 0 Å². The summed E-state index contributed by atoms with van der Waals surface area (Å²) in [7, 11) is 0. The van der Waals surface area contributed by atoms with Crippen molar-refractivity contribution in [3.8, 4) is 11.3 Å². The van der Waals surface area contributed by atoms with E-state index in [2.05, 4.69) is 63.7 Å². The number of benzene rings is 2. The number of aliphatic hydroxyl groups excluding tert-OH is 1. The molecule has 2 aromatic carbocycles. The summed E-state index contributed by atoms with van der Waals surface area (Å²) in [5, 5.41) is 13.8. The van der Waals surface area contributed by atoms with E-state index in [1.54, 1.807) is 6.20 Å². The summed E-state index contributed by atoms with van der Waals surface area (Å²) in [5.41, 5.74) is 6.03. The Hall–Kier alpha value is -2.57. The number of rotatable bonds is 7. The topological polar surface area (TPSA) is 60.9 Å². The van der Waals surface area contributed by atoms with E-state index in [1.807, 2.05) is 18.2 Å². The van der Waals surface area contributed by atoms with Crippen LogP contribution in [0.15, 0.2) is 72.9 Å². The maximum atomic E-state index is 10.5. The molecule has 2 aliphatic rings. The largest absolute Gasteiger partial charge is 0.390 e. The Labute approximate surface area is 177 Å². The molecular weight excluding hydrogens is 374 g/mol. The van der Waals surface area contributed by atoms with Gasteiger partial charge in [-0.15, -0.1) is 0 Å². The number of pyridine rings is 1. The van der Waals surface area contributed by atoms with Crippen molar-refractivity contribution in [3.05, 3.63) is 89.6 Å². The van der Waals surface area contributed by atoms with Gasteiger partial charge in [0.1, 0.15) is 12.3 Å². The lowest BCUT2D eigenvalue weighted by atomic mass is 10.00. The molecule has 2 aliphatic heterocycles. The molecule has 3 atom stereocenters. The van der Waals surface area contributed by atoms with Gasteiger partial charge in [-0.3, -0.25) is 15.2 Å². The fraction of sp³-hybridized carbons (Fsp3) is 0.320. The first kappa shape index (κ1) is 19.4. The van der Waals surface area contributed by atoms with Crippen LogP contribution in [0.3, 0.4) is 0 Å². The lowest BCUT2D eigenvalue weighted by Crippen LogP contribution is -2.41. The number of hydrogen-bond donors (Lipinski definition) is 2. The Bertz CT molecular complexity index is 977. The van der Waals surface area contributed by atoms with Crippen LogP contribution in [0.1, 0.15) is 22.8 Å². The van der Waals surface area contributed by atoms with Crippen molar-refractivity contribution in [2.45, 2.75) is 31.4 Å². The van der Waals surface area contributed by atoms with Gasteiger partial charge in [-0.1, -0.05) is 54.6 Å². The Morgan fingerprint density at radius 3 is 2.63 bits per heavy atom. The van der Waals surface area contributed by atoms with Gasteiger partial charge in [-0.2, -0.15) is 0 Å². The minimum atomic E-state index is -0.411.